The van der Waals surface area contributed by atoms with Crippen molar-refractivity contribution in [3.8, 4) is 0 Å². The summed E-state index contributed by atoms with van der Waals surface area (Å²) >= 11 is 12.6. The van der Waals surface area contributed by atoms with E-state index in [4.69, 9.17) is 28.2 Å². The van der Waals surface area contributed by atoms with E-state index in [2.05, 4.69) is 0 Å². The van der Waals surface area contributed by atoms with E-state index in [-0.39, 0.29) is 24.1 Å². The first-order chi connectivity index (χ1) is 16.3. The predicted octanol–water partition coefficient (Wildman–Crippen LogP) is 5.10. The summed E-state index contributed by atoms with van der Waals surface area (Å²) in [5, 5.41) is 0.737. The Labute approximate surface area is 208 Å². The fourth-order valence-electron chi connectivity index (χ4n) is 4.51. The van der Waals surface area contributed by atoms with Crippen molar-refractivity contribution in [1.29, 1.82) is 0 Å². The fraction of sp³-hybridized carbons (Fsp3) is 0.400. The Bertz CT molecular complexity index is 1220. The summed E-state index contributed by atoms with van der Waals surface area (Å²) in [5.41, 5.74) is 1.79. The number of halogens is 3. The van der Waals surface area contributed by atoms with Crippen molar-refractivity contribution in [1.82, 2.24) is 19.4 Å². The van der Waals surface area contributed by atoms with E-state index in [9.17, 15) is 14.0 Å². The van der Waals surface area contributed by atoms with Crippen LogP contribution in [0, 0.1) is 5.82 Å². The molecule has 4 rings (SSSR count). The van der Waals surface area contributed by atoms with Gasteiger partial charge in [0.25, 0.3) is 0 Å². The lowest BCUT2D eigenvalue weighted by atomic mass is 10.1. The predicted molar refractivity (Wildman–Crippen MR) is 132 cm³/mol. The van der Waals surface area contributed by atoms with Crippen LogP contribution in [0.3, 0.4) is 0 Å². The second-order valence-electron chi connectivity index (χ2n) is 8.56. The van der Waals surface area contributed by atoms with Gasteiger partial charge >= 0.3 is 0 Å². The monoisotopic (exact) mass is 504 g/mol. The lowest BCUT2D eigenvalue weighted by Gasteiger charge is -2.36. The number of piperazine rings is 1. The molecule has 0 radical (unpaired) electrons. The van der Waals surface area contributed by atoms with Gasteiger partial charge in [0.15, 0.2) is 0 Å². The van der Waals surface area contributed by atoms with Crippen LogP contribution >= 0.6 is 23.2 Å². The number of imidazole rings is 1. The molecule has 0 saturated carbocycles. The summed E-state index contributed by atoms with van der Waals surface area (Å²) in [4.78, 5) is 33.8. The van der Waals surface area contributed by atoms with Crippen LogP contribution in [0.25, 0.3) is 11.0 Å². The molecule has 0 aliphatic carbocycles. The van der Waals surface area contributed by atoms with Gasteiger partial charge in [0.2, 0.25) is 11.8 Å². The summed E-state index contributed by atoms with van der Waals surface area (Å²) in [6, 6.07) is 9.43. The summed E-state index contributed by atoms with van der Waals surface area (Å²) in [6.07, 6.45) is 1.58. The van der Waals surface area contributed by atoms with Crippen LogP contribution in [-0.4, -0.2) is 57.3 Å². The minimum atomic E-state index is -0.530. The van der Waals surface area contributed by atoms with E-state index in [1.54, 1.807) is 47.1 Å². The van der Waals surface area contributed by atoms with Gasteiger partial charge in [-0.2, -0.15) is 0 Å². The Balaban J connectivity index is 1.77. The Morgan fingerprint density at radius 1 is 1.06 bits per heavy atom. The molecule has 2 heterocycles. The van der Waals surface area contributed by atoms with Gasteiger partial charge in [0.05, 0.1) is 21.1 Å². The number of carbonyl (C=O) groups is 2. The van der Waals surface area contributed by atoms with Crippen LogP contribution in [0.5, 0.6) is 0 Å². The van der Waals surface area contributed by atoms with E-state index in [0.717, 1.165) is 6.42 Å². The van der Waals surface area contributed by atoms with Gasteiger partial charge in [0, 0.05) is 39.5 Å². The van der Waals surface area contributed by atoms with Gasteiger partial charge in [-0.1, -0.05) is 54.7 Å². The molecule has 1 saturated heterocycles. The first-order valence-corrected chi connectivity index (χ1v) is 12.2. The SMILES string of the molecule is CCCC(C(=O)N1CCN(C(C)=O)CC1)n1c(Cc2ccccc2F)nc2cc(Cl)c(Cl)cc21. The molecule has 3 aromatic rings. The molecule has 1 unspecified atom stereocenters. The third-order valence-electron chi connectivity index (χ3n) is 6.31. The summed E-state index contributed by atoms with van der Waals surface area (Å²) in [7, 11) is 0. The van der Waals surface area contributed by atoms with Gasteiger partial charge in [-0.25, -0.2) is 9.37 Å². The highest BCUT2D eigenvalue weighted by atomic mass is 35.5. The van der Waals surface area contributed by atoms with Crippen LogP contribution in [-0.2, 0) is 16.0 Å². The quantitative estimate of drug-likeness (QED) is 0.468. The Kier molecular flexibility index (Phi) is 7.43. The summed E-state index contributed by atoms with van der Waals surface area (Å²) in [5.74, 6) is 0.227. The molecule has 1 atom stereocenters. The van der Waals surface area contributed by atoms with Crippen LogP contribution in [0.2, 0.25) is 10.0 Å². The van der Waals surface area contributed by atoms with E-state index < -0.39 is 6.04 Å². The topological polar surface area (TPSA) is 58.4 Å². The van der Waals surface area contributed by atoms with Crippen molar-refractivity contribution in [3.05, 3.63) is 63.6 Å². The number of rotatable bonds is 6. The molecule has 0 spiro atoms. The number of hydrogen-bond donors (Lipinski definition) is 0. The number of amides is 2. The highest BCUT2D eigenvalue weighted by molar-refractivity contribution is 6.42. The molecular weight excluding hydrogens is 478 g/mol. The third kappa shape index (κ3) is 4.91. The maximum Gasteiger partial charge on any atom is 0.245 e. The average Bonchev–Trinajstić information content (AvgIpc) is 3.15. The maximum absolute atomic E-state index is 14.5. The molecule has 1 aliphatic rings. The molecule has 180 valence electrons. The number of benzene rings is 2. The molecule has 9 heteroatoms. The zero-order chi connectivity index (χ0) is 24.4. The number of fused-ring (bicyclic) bond motifs is 1. The molecule has 2 aromatic carbocycles. The van der Waals surface area contributed by atoms with Crippen molar-refractivity contribution >= 4 is 46.0 Å². The molecule has 6 nitrogen and oxygen atoms in total. The summed E-state index contributed by atoms with van der Waals surface area (Å²) < 4.78 is 16.4. The van der Waals surface area contributed by atoms with Crippen LogP contribution < -0.4 is 0 Å². The number of aromatic nitrogens is 2. The van der Waals surface area contributed by atoms with Crippen molar-refractivity contribution in [2.75, 3.05) is 26.2 Å². The molecule has 1 aromatic heterocycles. The molecule has 0 bridgehead atoms. The third-order valence-corrected chi connectivity index (χ3v) is 7.03. The molecule has 1 aliphatic heterocycles. The van der Waals surface area contributed by atoms with E-state index >= 15 is 0 Å². The molecule has 1 fully saturated rings. The van der Waals surface area contributed by atoms with E-state index in [0.29, 0.717) is 65.1 Å². The standard InChI is InChI=1S/C25H27Cl2FN4O2/c1-3-6-22(25(34)31-11-9-30(10-12-31)16(2)33)32-23-15-19(27)18(26)14-21(23)29-24(32)13-17-7-4-5-8-20(17)28/h4-5,7-8,14-15,22H,3,6,9-13H2,1-2H3. The summed E-state index contributed by atoms with van der Waals surface area (Å²) in [6.45, 7) is 5.52. The second-order valence-corrected chi connectivity index (χ2v) is 9.37. The van der Waals surface area contributed by atoms with Crippen molar-refractivity contribution in [3.63, 3.8) is 0 Å². The van der Waals surface area contributed by atoms with Crippen LogP contribution in [0.15, 0.2) is 36.4 Å². The normalized spacial score (nSPS) is 15.1. The smallest absolute Gasteiger partial charge is 0.245 e. The second kappa shape index (κ2) is 10.3. The van der Waals surface area contributed by atoms with Gasteiger partial charge in [0.1, 0.15) is 17.7 Å². The number of hydrogen-bond acceptors (Lipinski definition) is 3. The highest BCUT2D eigenvalue weighted by Crippen LogP contribution is 2.33. The molecule has 0 N–H and O–H groups in total. The van der Waals surface area contributed by atoms with Gasteiger partial charge in [-0.05, 0) is 30.2 Å². The first kappa shape index (κ1) is 24.5. The van der Waals surface area contributed by atoms with Crippen molar-refractivity contribution < 1.29 is 14.0 Å². The lowest BCUT2D eigenvalue weighted by molar-refractivity contribution is -0.140. The van der Waals surface area contributed by atoms with Gasteiger partial charge in [-0.3, -0.25) is 9.59 Å². The zero-order valence-corrected chi connectivity index (χ0v) is 20.7. The maximum atomic E-state index is 14.5. The van der Waals surface area contributed by atoms with Crippen LogP contribution in [0.4, 0.5) is 4.39 Å². The molecule has 34 heavy (non-hydrogen) atoms. The van der Waals surface area contributed by atoms with Crippen molar-refractivity contribution in [2.45, 2.75) is 39.2 Å². The lowest BCUT2D eigenvalue weighted by Crippen LogP contribution is -2.51. The van der Waals surface area contributed by atoms with E-state index in [1.165, 1.54) is 6.07 Å². The zero-order valence-electron chi connectivity index (χ0n) is 19.2. The number of nitrogens with zero attached hydrogens (tertiary/aromatic N) is 4. The Morgan fingerprint density at radius 2 is 1.71 bits per heavy atom. The van der Waals surface area contributed by atoms with Crippen molar-refractivity contribution in [2.24, 2.45) is 0 Å². The minimum absolute atomic E-state index is 0.0107. The van der Waals surface area contributed by atoms with Gasteiger partial charge < -0.3 is 14.4 Å². The number of carbonyl (C=O) groups excluding carboxylic acids is 2. The van der Waals surface area contributed by atoms with Crippen LogP contribution in [0.1, 0.15) is 44.1 Å². The van der Waals surface area contributed by atoms with E-state index in [1.807, 2.05) is 11.5 Å². The first-order valence-electron chi connectivity index (χ1n) is 11.4. The van der Waals surface area contributed by atoms with Gasteiger partial charge in [-0.15, -0.1) is 0 Å². The Hall–Kier alpha value is -2.64. The Morgan fingerprint density at radius 3 is 2.35 bits per heavy atom. The fourth-order valence-corrected chi connectivity index (χ4v) is 4.83. The highest BCUT2D eigenvalue weighted by Gasteiger charge is 2.31. The average molecular weight is 505 g/mol. The largest absolute Gasteiger partial charge is 0.339 e. The minimum Gasteiger partial charge on any atom is -0.339 e. The molecule has 2 amide bonds. The molecular formula is C25H27Cl2FN4O2.